The van der Waals surface area contributed by atoms with E-state index in [1.165, 1.54) is 5.56 Å². The summed E-state index contributed by atoms with van der Waals surface area (Å²) in [5, 5.41) is 13.6. The number of benzene rings is 1. The Hall–Kier alpha value is -0.710. The van der Waals surface area contributed by atoms with Gasteiger partial charge in [-0.3, -0.25) is 0 Å². The van der Waals surface area contributed by atoms with Gasteiger partial charge in [0, 0.05) is 23.9 Å². The molecule has 0 fully saturated rings. The first kappa shape index (κ1) is 16.3. The van der Waals surface area contributed by atoms with Crippen LogP contribution in [-0.2, 0) is 0 Å². The quantitative estimate of drug-likeness (QED) is 0.807. The minimum absolute atomic E-state index is 0.142. The van der Waals surface area contributed by atoms with Crippen LogP contribution in [-0.4, -0.2) is 36.4 Å². The van der Waals surface area contributed by atoms with Crippen LogP contribution in [0, 0.1) is 6.92 Å². The molecule has 2 unspecified atom stereocenters. The number of hydrogen-bond acceptors (Lipinski definition) is 4. The summed E-state index contributed by atoms with van der Waals surface area (Å²) >= 11 is 1.65. The first-order valence-corrected chi connectivity index (χ1v) is 7.88. The van der Waals surface area contributed by atoms with E-state index in [0.717, 1.165) is 17.1 Å². The molecule has 1 rings (SSSR count). The fraction of sp³-hybridized carbons (Fsp3) is 0.600. The van der Waals surface area contributed by atoms with Gasteiger partial charge in [-0.2, -0.15) is 11.8 Å². The van der Waals surface area contributed by atoms with Crippen molar-refractivity contribution in [1.29, 1.82) is 0 Å². The highest BCUT2D eigenvalue weighted by Gasteiger charge is 2.21. The zero-order chi connectivity index (χ0) is 14.5. The normalized spacial score (nSPS) is 15.9. The van der Waals surface area contributed by atoms with Gasteiger partial charge in [0.25, 0.3) is 0 Å². The van der Waals surface area contributed by atoms with Gasteiger partial charge in [-0.15, -0.1) is 0 Å². The van der Waals surface area contributed by atoms with E-state index in [4.69, 9.17) is 4.74 Å². The van der Waals surface area contributed by atoms with Crippen molar-refractivity contribution in [2.24, 2.45) is 0 Å². The summed E-state index contributed by atoms with van der Waals surface area (Å²) in [7, 11) is 1.69. The van der Waals surface area contributed by atoms with Crippen molar-refractivity contribution in [3.63, 3.8) is 0 Å². The van der Waals surface area contributed by atoms with Crippen LogP contribution in [0.1, 0.15) is 31.0 Å². The molecule has 108 valence electrons. The van der Waals surface area contributed by atoms with Crippen LogP contribution < -0.4 is 10.1 Å². The van der Waals surface area contributed by atoms with E-state index < -0.39 is 5.60 Å². The maximum Gasteiger partial charge on any atom is 0.123 e. The van der Waals surface area contributed by atoms with Crippen molar-refractivity contribution in [3.05, 3.63) is 29.3 Å². The van der Waals surface area contributed by atoms with Crippen LogP contribution in [0.25, 0.3) is 0 Å². The van der Waals surface area contributed by atoms with Crippen molar-refractivity contribution in [2.75, 3.05) is 25.7 Å². The van der Waals surface area contributed by atoms with Gasteiger partial charge in [-0.1, -0.05) is 17.7 Å². The summed E-state index contributed by atoms with van der Waals surface area (Å²) in [6.45, 7) is 6.58. The lowest BCUT2D eigenvalue weighted by Gasteiger charge is -2.26. The third-order valence-electron chi connectivity index (χ3n) is 3.10. The summed E-state index contributed by atoms with van der Waals surface area (Å²) in [5.41, 5.74) is 1.65. The first-order valence-electron chi connectivity index (χ1n) is 6.49. The molecular weight excluding hydrogens is 258 g/mol. The predicted octanol–water partition coefficient (Wildman–Crippen LogP) is 2.77. The zero-order valence-corrected chi connectivity index (χ0v) is 13.3. The molecule has 0 heterocycles. The van der Waals surface area contributed by atoms with E-state index in [0.29, 0.717) is 6.54 Å². The Morgan fingerprint density at radius 2 is 2.16 bits per heavy atom. The summed E-state index contributed by atoms with van der Waals surface area (Å²) in [6.07, 6.45) is 2.00. The fourth-order valence-electron chi connectivity index (χ4n) is 2.04. The SMILES string of the molecule is COc1ccc(C)cc1C(C)NCC(C)(O)CSC. The molecule has 4 heteroatoms. The minimum Gasteiger partial charge on any atom is -0.496 e. The Kier molecular flexibility index (Phi) is 6.17. The van der Waals surface area contributed by atoms with Gasteiger partial charge in [0.05, 0.1) is 12.7 Å². The molecule has 0 amide bonds. The molecule has 0 saturated carbocycles. The predicted molar refractivity (Wildman–Crippen MR) is 83.2 cm³/mol. The number of ether oxygens (including phenoxy) is 1. The zero-order valence-electron chi connectivity index (χ0n) is 12.5. The van der Waals surface area contributed by atoms with Crippen molar-refractivity contribution in [3.8, 4) is 5.75 Å². The summed E-state index contributed by atoms with van der Waals surface area (Å²) < 4.78 is 5.39. The molecule has 2 N–H and O–H groups in total. The summed E-state index contributed by atoms with van der Waals surface area (Å²) in [6, 6.07) is 6.30. The topological polar surface area (TPSA) is 41.5 Å². The van der Waals surface area contributed by atoms with Gasteiger partial charge >= 0.3 is 0 Å². The molecule has 0 aromatic heterocycles. The van der Waals surface area contributed by atoms with Crippen molar-refractivity contribution in [2.45, 2.75) is 32.4 Å². The van der Waals surface area contributed by atoms with Crippen LogP contribution in [0.2, 0.25) is 0 Å². The maximum absolute atomic E-state index is 10.2. The molecule has 0 radical (unpaired) electrons. The second-order valence-corrected chi connectivity index (χ2v) is 6.14. The smallest absolute Gasteiger partial charge is 0.123 e. The van der Waals surface area contributed by atoms with Crippen LogP contribution in [0.15, 0.2) is 18.2 Å². The Balaban J connectivity index is 2.72. The average molecular weight is 283 g/mol. The minimum atomic E-state index is -0.690. The van der Waals surface area contributed by atoms with E-state index in [9.17, 15) is 5.11 Å². The maximum atomic E-state index is 10.2. The molecule has 2 atom stereocenters. The van der Waals surface area contributed by atoms with Gasteiger partial charge in [0.2, 0.25) is 0 Å². The van der Waals surface area contributed by atoms with Crippen molar-refractivity contribution >= 4 is 11.8 Å². The molecule has 0 saturated heterocycles. The van der Waals surface area contributed by atoms with Crippen LogP contribution >= 0.6 is 11.8 Å². The monoisotopic (exact) mass is 283 g/mol. The molecular formula is C15H25NO2S. The second-order valence-electron chi connectivity index (χ2n) is 5.28. The van der Waals surface area contributed by atoms with E-state index in [1.807, 2.05) is 25.3 Å². The van der Waals surface area contributed by atoms with E-state index in [1.54, 1.807) is 18.9 Å². The Morgan fingerprint density at radius 3 is 2.74 bits per heavy atom. The second kappa shape index (κ2) is 7.17. The highest BCUT2D eigenvalue weighted by molar-refractivity contribution is 7.98. The van der Waals surface area contributed by atoms with Gasteiger partial charge in [-0.25, -0.2) is 0 Å². The number of hydrogen-bond donors (Lipinski definition) is 2. The van der Waals surface area contributed by atoms with Crippen LogP contribution in [0.3, 0.4) is 0 Å². The third-order valence-corrected chi connectivity index (χ3v) is 4.01. The number of thioether (sulfide) groups is 1. The summed E-state index contributed by atoms with van der Waals surface area (Å²) in [4.78, 5) is 0. The molecule has 0 spiro atoms. The van der Waals surface area contributed by atoms with E-state index >= 15 is 0 Å². The van der Waals surface area contributed by atoms with Crippen molar-refractivity contribution in [1.82, 2.24) is 5.32 Å². The Morgan fingerprint density at radius 1 is 1.47 bits per heavy atom. The average Bonchev–Trinajstić information content (AvgIpc) is 2.36. The molecule has 1 aromatic rings. The number of methoxy groups -OCH3 is 1. The highest BCUT2D eigenvalue weighted by Crippen LogP contribution is 2.26. The largest absolute Gasteiger partial charge is 0.496 e. The molecule has 19 heavy (non-hydrogen) atoms. The highest BCUT2D eigenvalue weighted by atomic mass is 32.2. The standard InChI is InChI=1S/C15H25NO2S/c1-11-6-7-14(18-4)13(8-11)12(2)16-9-15(3,17)10-19-5/h6-8,12,16-17H,9-10H2,1-5H3. The lowest BCUT2D eigenvalue weighted by atomic mass is 10.0. The lowest BCUT2D eigenvalue weighted by Crippen LogP contribution is -2.40. The molecule has 0 aliphatic heterocycles. The molecule has 0 aliphatic carbocycles. The third kappa shape index (κ3) is 5.05. The molecule has 0 bridgehead atoms. The lowest BCUT2D eigenvalue weighted by molar-refractivity contribution is 0.0819. The Labute approximate surface area is 120 Å². The number of rotatable bonds is 7. The fourth-order valence-corrected chi connectivity index (χ4v) is 2.76. The Bertz CT molecular complexity index is 407. The van der Waals surface area contributed by atoms with Gasteiger partial charge < -0.3 is 15.2 Å². The van der Waals surface area contributed by atoms with Gasteiger partial charge in [0.15, 0.2) is 0 Å². The van der Waals surface area contributed by atoms with Crippen molar-refractivity contribution < 1.29 is 9.84 Å². The van der Waals surface area contributed by atoms with Gasteiger partial charge in [-0.05, 0) is 33.1 Å². The van der Waals surface area contributed by atoms with Gasteiger partial charge in [0.1, 0.15) is 5.75 Å². The number of nitrogens with one attached hydrogen (secondary N) is 1. The summed E-state index contributed by atoms with van der Waals surface area (Å²) in [5.74, 6) is 1.60. The molecule has 0 aliphatic rings. The van der Waals surface area contributed by atoms with Crippen LogP contribution in [0.4, 0.5) is 0 Å². The molecule has 3 nitrogen and oxygen atoms in total. The number of aryl methyl sites for hydroxylation is 1. The number of aliphatic hydroxyl groups is 1. The van der Waals surface area contributed by atoms with Crippen LogP contribution in [0.5, 0.6) is 5.75 Å². The van der Waals surface area contributed by atoms with E-state index in [2.05, 4.69) is 25.2 Å². The van der Waals surface area contributed by atoms with E-state index in [-0.39, 0.29) is 6.04 Å². The molecule has 1 aromatic carbocycles. The first-order chi connectivity index (χ1) is 8.89.